The van der Waals surface area contributed by atoms with Crippen molar-refractivity contribution in [3.8, 4) is 32.0 Å². The van der Waals surface area contributed by atoms with Crippen molar-refractivity contribution in [1.82, 2.24) is 0 Å². The molecule has 146 valence electrons. The summed E-state index contributed by atoms with van der Waals surface area (Å²) in [6.45, 7) is 0. The van der Waals surface area contributed by atoms with Gasteiger partial charge in [0.15, 0.2) is 0 Å². The lowest BCUT2D eigenvalue weighted by Crippen LogP contribution is -1.90. The van der Waals surface area contributed by atoms with E-state index in [9.17, 15) is 0 Å². The predicted molar refractivity (Wildman–Crippen MR) is 136 cm³/mol. The van der Waals surface area contributed by atoms with E-state index in [2.05, 4.69) is 97.1 Å². The van der Waals surface area contributed by atoms with Crippen molar-refractivity contribution in [2.24, 2.45) is 0 Å². The van der Waals surface area contributed by atoms with Gasteiger partial charge < -0.3 is 0 Å². The van der Waals surface area contributed by atoms with Gasteiger partial charge >= 0.3 is 0 Å². The summed E-state index contributed by atoms with van der Waals surface area (Å²) in [5, 5.41) is 2.66. The van der Waals surface area contributed by atoms with Crippen LogP contribution in [0.1, 0.15) is 11.1 Å². The second-order valence-corrected chi connectivity index (χ2v) is 10.3. The first kappa shape index (κ1) is 17.5. The van der Waals surface area contributed by atoms with Gasteiger partial charge in [-0.1, -0.05) is 72.8 Å². The third kappa shape index (κ3) is 2.65. The van der Waals surface area contributed by atoms with E-state index in [1.807, 2.05) is 22.7 Å². The molecule has 1 aliphatic carbocycles. The zero-order valence-electron chi connectivity index (χ0n) is 16.8. The smallest absolute Gasteiger partial charge is 0.0364 e. The summed E-state index contributed by atoms with van der Waals surface area (Å²) < 4.78 is 2.71. The molecule has 2 heterocycles. The number of thiophene rings is 2. The second-order valence-electron chi connectivity index (χ2n) is 8.15. The van der Waals surface area contributed by atoms with Gasteiger partial charge in [-0.05, 0) is 63.7 Å². The van der Waals surface area contributed by atoms with Crippen LogP contribution in [-0.2, 0) is 6.42 Å². The van der Waals surface area contributed by atoms with E-state index in [-0.39, 0.29) is 0 Å². The average Bonchev–Trinajstić information content (AvgIpc) is 3.52. The van der Waals surface area contributed by atoms with E-state index in [0.29, 0.717) is 0 Å². The van der Waals surface area contributed by atoms with Crippen LogP contribution in [0.5, 0.6) is 0 Å². The number of fused-ring (bicyclic) bond motifs is 5. The van der Waals surface area contributed by atoms with E-state index in [4.69, 9.17) is 0 Å². The molecule has 31 heavy (non-hydrogen) atoms. The molecule has 0 N–H and O–H groups in total. The van der Waals surface area contributed by atoms with E-state index in [1.165, 1.54) is 63.3 Å². The molecule has 0 amide bonds. The maximum absolute atomic E-state index is 2.38. The molecule has 0 unspecified atom stereocenters. The Balaban J connectivity index is 1.54. The molecule has 0 aliphatic heterocycles. The fourth-order valence-electron chi connectivity index (χ4n) is 4.92. The molecule has 0 nitrogen and oxygen atoms in total. The third-order valence-electron chi connectivity index (χ3n) is 6.35. The topological polar surface area (TPSA) is 0 Å². The highest BCUT2D eigenvalue weighted by atomic mass is 32.1. The highest BCUT2D eigenvalue weighted by Gasteiger charge is 2.25. The molecule has 0 atom stereocenters. The summed E-state index contributed by atoms with van der Waals surface area (Å²) in [6.07, 6.45) is 1.01. The monoisotopic (exact) mass is 430 g/mol. The third-order valence-corrected chi connectivity index (χ3v) is 8.63. The highest BCUT2D eigenvalue weighted by molar-refractivity contribution is 7.23. The Bertz CT molecular complexity index is 1550. The molecular weight excluding hydrogens is 412 g/mol. The van der Waals surface area contributed by atoms with Crippen LogP contribution in [0.4, 0.5) is 0 Å². The van der Waals surface area contributed by atoms with Gasteiger partial charge in [0.1, 0.15) is 0 Å². The lowest BCUT2D eigenvalue weighted by molar-refractivity contribution is 1.27. The van der Waals surface area contributed by atoms with Crippen LogP contribution < -0.4 is 0 Å². The van der Waals surface area contributed by atoms with Gasteiger partial charge in [-0.2, -0.15) is 0 Å². The number of rotatable bonds is 2. The van der Waals surface area contributed by atoms with Crippen LogP contribution in [0.15, 0.2) is 97.1 Å². The standard InChI is InChI=1S/C29H18S2/c1-4-10-21-18(7-1)15-24-22(21)13-14-23(27-16-19-8-2-5-11-25(19)30-27)29(24)28-17-20-9-3-6-12-26(20)31-28/h1-14,16-17H,15H2. The molecule has 0 saturated carbocycles. The van der Waals surface area contributed by atoms with Crippen LogP contribution in [0.2, 0.25) is 0 Å². The molecule has 7 rings (SSSR count). The van der Waals surface area contributed by atoms with Crippen molar-refractivity contribution < 1.29 is 0 Å². The summed E-state index contributed by atoms with van der Waals surface area (Å²) in [5.41, 5.74) is 8.48. The first-order valence-corrected chi connectivity index (χ1v) is 12.2. The average molecular weight is 431 g/mol. The molecule has 0 bridgehead atoms. The van der Waals surface area contributed by atoms with E-state index in [1.54, 1.807) is 0 Å². The Kier molecular flexibility index (Phi) is 3.75. The van der Waals surface area contributed by atoms with Gasteiger partial charge in [-0.25, -0.2) is 0 Å². The second kappa shape index (κ2) is 6.65. The molecule has 6 aromatic rings. The summed E-state index contributed by atoms with van der Waals surface area (Å²) >= 11 is 3.82. The van der Waals surface area contributed by atoms with Gasteiger partial charge in [-0.3, -0.25) is 0 Å². The van der Waals surface area contributed by atoms with Crippen LogP contribution >= 0.6 is 22.7 Å². The molecule has 1 aliphatic rings. The number of hydrogen-bond acceptors (Lipinski definition) is 2. The Morgan fingerprint density at radius 3 is 1.90 bits per heavy atom. The lowest BCUT2D eigenvalue weighted by atomic mass is 9.94. The minimum atomic E-state index is 1.01. The van der Waals surface area contributed by atoms with Crippen molar-refractivity contribution >= 4 is 42.8 Å². The van der Waals surface area contributed by atoms with Crippen molar-refractivity contribution in [3.63, 3.8) is 0 Å². The van der Waals surface area contributed by atoms with Gasteiger partial charge in [-0.15, -0.1) is 22.7 Å². The maximum atomic E-state index is 2.38. The van der Waals surface area contributed by atoms with Crippen LogP contribution in [-0.4, -0.2) is 0 Å². The van der Waals surface area contributed by atoms with Crippen LogP contribution in [0.25, 0.3) is 52.2 Å². The molecular formula is C29H18S2. The summed E-state index contributed by atoms with van der Waals surface area (Å²) in [7, 11) is 0. The summed E-state index contributed by atoms with van der Waals surface area (Å²) in [5.74, 6) is 0. The van der Waals surface area contributed by atoms with Gasteiger partial charge in [0.2, 0.25) is 0 Å². The van der Waals surface area contributed by atoms with Gasteiger partial charge in [0, 0.05) is 30.3 Å². The molecule has 0 radical (unpaired) electrons. The van der Waals surface area contributed by atoms with Crippen molar-refractivity contribution in [2.45, 2.75) is 6.42 Å². The van der Waals surface area contributed by atoms with Crippen LogP contribution in [0.3, 0.4) is 0 Å². The molecule has 0 saturated heterocycles. The minimum Gasteiger partial charge on any atom is -0.135 e. The maximum Gasteiger partial charge on any atom is 0.0364 e. The van der Waals surface area contributed by atoms with Gasteiger partial charge in [0.25, 0.3) is 0 Å². The molecule has 0 spiro atoms. The van der Waals surface area contributed by atoms with E-state index in [0.717, 1.165) is 6.42 Å². The van der Waals surface area contributed by atoms with Crippen LogP contribution in [0, 0.1) is 0 Å². The van der Waals surface area contributed by atoms with Crippen molar-refractivity contribution in [3.05, 3.63) is 108 Å². The highest BCUT2D eigenvalue weighted by Crippen LogP contribution is 2.49. The minimum absolute atomic E-state index is 1.01. The molecule has 0 fully saturated rings. The summed E-state index contributed by atoms with van der Waals surface area (Å²) in [4.78, 5) is 2.73. The van der Waals surface area contributed by atoms with Crippen molar-refractivity contribution in [1.29, 1.82) is 0 Å². The Morgan fingerprint density at radius 1 is 0.516 bits per heavy atom. The van der Waals surface area contributed by atoms with E-state index < -0.39 is 0 Å². The zero-order valence-corrected chi connectivity index (χ0v) is 18.4. The largest absolute Gasteiger partial charge is 0.135 e. The SMILES string of the molecule is c1ccc2c(c1)Cc1c-2ccc(-c2cc3ccccc3s2)c1-c1cc2ccccc2s1. The lowest BCUT2D eigenvalue weighted by Gasteiger charge is -2.13. The Hall–Kier alpha value is -3.20. The first-order chi connectivity index (χ1) is 15.3. The fraction of sp³-hybridized carbons (Fsp3) is 0.0345. The fourth-order valence-corrected chi connectivity index (χ4v) is 7.16. The summed E-state index contributed by atoms with van der Waals surface area (Å²) in [6, 6.07) is 35.8. The first-order valence-electron chi connectivity index (χ1n) is 10.6. The Labute approximate surface area is 189 Å². The molecule has 2 aromatic heterocycles. The quantitative estimate of drug-likeness (QED) is 0.257. The predicted octanol–water partition coefficient (Wildman–Crippen LogP) is 9.02. The van der Waals surface area contributed by atoms with Crippen molar-refractivity contribution in [2.75, 3.05) is 0 Å². The Morgan fingerprint density at radius 2 is 1.13 bits per heavy atom. The van der Waals surface area contributed by atoms with Gasteiger partial charge in [0.05, 0.1) is 0 Å². The number of hydrogen-bond donors (Lipinski definition) is 0. The molecule has 4 aromatic carbocycles. The zero-order chi connectivity index (χ0) is 20.4. The van der Waals surface area contributed by atoms with E-state index >= 15 is 0 Å². The normalized spacial score (nSPS) is 12.4. The number of benzene rings is 4. The molecule has 2 heteroatoms.